The lowest BCUT2D eigenvalue weighted by molar-refractivity contribution is -0.116. The third-order valence-corrected chi connectivity index (χ3v) is 5.71. The van der Waals surface area contributed by atoms with Crippen molar-refractivity contribution in [3.63, 3.8) is 0 Å². The number of hydrogen-bond acceptors (Lipinski definition) is 5. The van der Waals surface area contributed by atoms with Crippen LogP contribution < -0.4 is 15.4 Å². The van der Waals surface area contributed by atoms with Crippen molar-refractivity contribution in [3.8, 4) is 11.4 Å². The third kappa shape index (κ3) is 7.43. The van der Waals surface area contributed by atoms with Gasteiger partial charge in [-0.2, -0.15) is 5.10 Å². The highest BCUT2D eigenvalue weighted by Crippen LogP contribution is 2.27. The smallest absolute Gasteiger partial charge is 0.322 e. The molecule has 0 saturated heterocycles. The monoisotopic (exact) mass is 531 g/mol. The van der Waals surface area contributed by atoms with E-state index in [1.54, 1.807) is 23.9 Å². The number of amides is 3. The van der Waals surface area contributed by atoms with Gasteiger partial charge in [0, 0.05) is 30.8 Å². The molecule has 0 radical (unpaired) electrons. The maximum atomic E-state index is 13.5. The standard InChI is InChI=1S/C26H31ClFN5O4/c1-26(2,3)22-15-23(33(31-22)18-7-9-19(37-5)10-8-18)30-24(34)16-32(12-13-36-4)25(35)29-17-6-11-21(28)20(27)14-17/h6-11,14-15H,12-13,16H2,1-5H3,(H,29,35)(H,30,34). The molecule has 0 spiro atoms. The molecule has 2 N–H and O–H groups in total. The van der Waals surface area contributed by atoms with Crippen LogP contribution in [0.15, 0.2) is 48.5 Å². The maximum Gasteiger partial charge on any atom is 0.322 e. The van der Waals surface area contributed by atoms with E-state index >= 15 is 0 Å². The molecule has 37 heavy (non-hydrogen) atoms. The van der Waals surface area contributed by atoms with Crippen LogP contribution in [-0.2, 0) is 14.9 Å². The molecule has 0 fully saturated rings. The highest BCUT2D eigenvalue weighted by molar-refractivity contribution is 6.31. The molecule has 0 saturated carbocycles. The number of anilines is 2. The second-order valence-corrected chi connectivity index (χ2v) is 9.70. The molecule has 2 aromatic carbocycles. The SMILES string of the molecule is COCCN(CC(=O)Nc1cc(C(C)(C)C)nn1-c1ccc(OC)cc1)C(=O)Nc1ccc(F)c(Cl)c1. The highest BCUT2D eigenvalue weighted by Gasteiger charge is 2.23. The normalized spacial score (nSPS) is 11.2. The number of nitrogens with one attached hydrogen (secondary N) is 2. The van der Waals surface area contributed by atoms with E-state index in [4.69, 9.17) is 26.2 Å². The van der Waals surface area contributed by atoms with Crippen molar-refractivity contribution in [2.75, 3.05) is 44.5 Å². The van der Waals surface area contributed by atoms with Crippen LogP contribution >= 0.6 is 11.6 Å². The Labute approximate surface area is 220 Å². The van der Waals surface area contributed by atoms with E-state index in [1.807, 2.05) is 39.0 Å². The van der Waals surface area contributed by atoms with Crippen LogP contribution in [0.4, 0.5) is 20.7 Å². The number of carbonyl (C=O) groups excluding carboxylic acids is 2. The number of urea groups is 1. The average molecular weight is 532 g/mol. The Morgan fingerprint density at radius 2 is 1.78 bits per heavy atom. The fourth-order valence-corrected chi connectivity index (χ4v) is 3.52. The van der Waals surface area contributed by atoms with Gasteiger partial charge in [-0.25, -0.2) is 13.9 Å². The topological polar surface area (TPSA) is 97.7 Å². The van der Waals surface area contributed by atoms with Crippen LogP contribution in [0.25, 0.3) is 5.69 Å². The van der Waals surface area contributed by atoms with Gasteiger partial charge in [-0.3, -0.25) is 4.79 Å². The van der Waals surface area contributed by atoms with E-state index in [0.29, 0.717) is 17.3 Å². The zero-order valence-electron chi connectivity index (χ0n) is 21.5. The first-order valence-electron chi connectivity index (χ1n) is 11.6. The first kappa shape index (κ1) is 27.9. The number of halogens is 2. The molecule has 1 heterocycles. The van der Waals surface area contributed by atoms with Gasteiger partial charge >= 0.3 is 6.03 Å². The minimum atomic E-state index is -0.599. The number of methoxy groups -OCH3 is 2. The molecule has 3 rings (SSSR count). The van der Waals surface area contributed by atoms with Crippen molar-refractivity contribution in [1.29, 1.82) is 0 Å². The molecule has 0 unspecified atom stereocenters. The number of rotatable bonds is 9. The summed E-state index contributed by atoms with van der Waals surface area (Å²) in [5, 5.41) is 10.1. The fourth-order valence-electron chi connectivity index (χ4n) is 3.34. The summed E-state index contributed by atoms with van der Waals surface area (Å²) in [4.78, 5) is 27.3. The number of ether oxygens (including phenoxy) is 2. The number of nitrogens with zero attached hydrogens (tertiary/aromatic N) is 3. The second-order valence-electron chi connectivity index (χ2n) is 9.30. The van der Waals surface area contributed by atoms with Crippen molar-refractivity contribution >= 4 is 35.0 Å². The van der Waals surface area contributed by atoms with Crippen molar-refractivity contribution in [3.05, 3.63) is 65.1 Å². The van der Waals surface area contributed by atoms with Crippen molar-refractivity contribution in [1.82, 2.24) is 14.7 Å². The molecular weight excluding hydrogens is 501 g/mol. The fraction of sp³-hybridized carbons (Fsp3) is 0.346. The lowest BCUT2D eigenvalue weighted by atomic mass is 9.92. The van der Waals surface area contributed by atoms with Crippen molar-refractivity contribution in [2.45, 2.75) is 26.2 Å². The van der Waals surface area contributed by atoms with E-state index in [9.17, 15) is 14.0 Å². The molecule has 198 valence electrons. The Morgan fingerprint density at radius 3 is 2.38 bits per heavy atom. The molecular formula is C26H31ClFN5O4. The first-order chi connectivity index (χ1) is 17.5. The Hall–Kier alpha value is -3.63. The van der Waals surface area contributed by atoms with E-state index in [0.717, 1.165) is 17.4 Å². The molecule has 1 aromatic heterocycles. The van der Waals surface area contributed by atoms with Crippen LogP contribution in [0.3, 0.4) is 0 Å². The van der Waals surface area contributed by atoms with E-state index in [-0.39, 0.29) is 30.1 Å². The van der Waals surface area contributed by atoms with Gasteiger partial charge in [-0.1, -0.05) is 32.4 Å². The lowest BCUT2D eigenvalue weighted by Crippen LogP contribution is -2.42. The summed E-state index contributed by atoms with van der Waals surface area (Å²) in [6.45, 7) is 6.18. The molecule has 0 atom stereocenters. The summed E-state index contributed by atoms with van der Waals surface area (Å²) >= 11 is 5.81. The molecule has 3 amide bonds. The van der Waals surface area contributed by atoms with E-state index < -0.39 is 17.8 Å². The van der Waals surface area contributed by atoms with Gasteiger partial charge in [0.05, 0.1) is 30.1 Å². The van der Waals surface area contributed by atoms with Gasteiger partial charge in [0.15, 0.2) is 0 Å². The van der Waals surface area contributed by atoms with Crippen molar-refractivity contribution in [2.24, 2.45) is 0 Å². The van der Waals surface area contributed by atoms with E-state index in [1.165, 1.54) is 24.1 Å². The molecule has 11 heteroatoms. The van der Waals surface area contributed by atoms with Gasteiger partial charge < -0.3 is 25.0 Å². The molecule has 0 bridgehead atoms. The number of benzene rings is 2. The Bertz CT molecular complexity index is 1240. The van der Waals surface area contributed by atoms with Crippen LogP contribution in [0.5, 0.6) is 5.75 Å². The molecule has 0 aliphatic rings. The predicted octanol–water partition coefficient (Wildman–Crippen LogP) is 5.09. The quantitative estimate of drug-likeness (QED) is 0.401. The molecule has 0 aliphatic heterocycles. The van der Waals surface area contributed by atoms with Crippen LogP contribution in [0, 0.1) is 5.82 Å². The maximum absolute atomic E-state index is 13.5. The Balaban J connectivity index is 1.80. The summed E-state index contributed by atoms with van der Waals surface area (Å²) in [5.74, 6) is 0.120. The number of hydrogen-bond donors (Lipinski definition) is 2. The summed E-state index contributed by atoms with van der Waals surface area (Å²) < 4.78 is 25.4. The zero-order valence-corrected chi connectivity index (χ0v) is 22.2. The van der Waals surface area contributed by atoms with Crippen LogP contribution in [0.2, 0.25) is 5.02 Å². The van der Waals surface area contributed by atoms with Gasteiger partial charge in [0.1, 0.15) is 23.9 Å². The second kappa shape index (κ2) is 12.1. The highest BCUT2D eigenvalue weighted by atomic mass is 35.5. The van der Waals surface area contributed by atoms with Gasteiger partial charge in [0.25, 0.3) is 0 Å². The molecule has 9 nitrogen and oxygen atoms in total. The van der Waals surface area contributed by atoms with Gasteiger partial charge in [-0.05, 0) is 42.5 Å². The minimum Gasteiger partial charge on any atom is -0.497 e. The minimum absolute atomic E-state index is 0.125. The average Bonchev–Trinajstić information content (AvgIpc) is 3.28. The lowest BCUT2D eigenvalue weighted by Gasteiger charge is -2.22. The van der Waals surface area contributed by atoms with Gasteiger partial charge in [0.2, 0.25) is 5.91 Å². The molecule has 0 aliphatic carbocycles. The largest absolute Gasteiger partial charge is 0.497 e. The number of aromatic nitrogens is 2. The zero-order chi connectivity index (χ0) is 27.2. The first-order valence-corrected chi connectivity index (χ1v) is 11.9. The van der Waals surface area contributed by atoms with E-state index in [2.05, 4.69) is 10.6 Å². The third-order valence-electron chi connectivity index (χ3n) is 5.42. The summed E-state index contributed by atoms with van der Waals surface area (Å²) in [6.07, 6.45) is 0. The predicted molar refractivity (Wildman–Crippen MR) is 141 cm³/mol. The van der Waals surface area contributed by atoms with Crippen molar-refractivity contribution < 1.29 is 23.5 Å². The summed E-state index contributed by atoms with van der Waals surface area (Å²) in [7, 11) is 3.08. The Kier molecular flexibility index (Phi) is 9.12. The number of carbonyl (C=O) groups is 2. The van der Waals surface area contributed by atoms with Crippen LogP contribution in [0.1, 0.15) is 26.5 Å². The molecule has 3 aromatic rings. The van der Waals surface area contributed by atoms with Crippen LogP contribution in [-0.4, -0.2) is 60.5 Å². The van der Waals surface area contributed by atoms with Gasteiger partial charge in [-0.15, -0.1) is 0 Å². The summed E-state index contributed by atoms with van der Waals surface area (Å²) in [5.41, 5.74) is 1.54. The summed E-state index contributed by atoms with van der Waals surface area (Å²) in [6, 6.07) is 12.4. The Morgan fingerprint density at radius 1 is 1.08 bits per heavy atom.